The van der Waals surface area contributed by atoms with Crippen molar-refractivity contribution < 1.29 is 28.6 Å². The fourth-order valence-corrected chi connectivity index (χ4v) is 9.02. The molecule has 0 saturated heterocycles. The lowest BCUT2D eigenvalue weighted by molar-refractivity contribution is -0.166. The first-order chi connectivity index (χ1) is 36.0. The molecule has 0 bridgehead atoms. The smallest absolute Gasteiger partial charge is 0.306 e. The van der Waals surface area contributed by atoms with Crippen molar-refractivity contribution in [1.82, 2.24) is 0 Å². The highest BCUT2D eigenvalue weighted by Crippen LogP contribution is 2.17. The maximum atomic E-state index is 12.9. The van der Waals surface area contributed by atoms with Gasteiger partial charge in [-0.25, -0.2) is 0 Å². The van der Waals surface area contributed by atoms with Crippen molar-refractivity contribution >= 4 is 17.9 Å². The van der Waals surface area contributed by atoms with Crippen molar-refractivity contribution in [2.24, 2.45) is 0 Å². The molecule has 422 valence electrons. The molecule has 0 aliphatic carbocycles. The second-order valence-corrected chi connectivity index (χ2v) is 20.9. The zero-order valence-corrected chi connectivity index (χ0v) is 48.4. The van der Waals surface area contributed by atoms with Crippen molar-refractivity contribution in [3.8, 4) is 0 Å². The molecule has 0 heterocycles. The first kappa shape index (κ1) is 69.8. The predicted octanol–water partition coefficient (Wildman–Crippen LogP) is 21.3. The molecule has 0 rings (SSSR count). The molecule has 0 fully saturated rings. The fraction of sp³-hybridized carbons (Fsp3) is 0.776. The molecule has 0 aliphatic rings. The van der Waals surface area contributed by atoms with E-state index in [1.807, 2.05) is 6.08 Å². The van der Waals surface area contributed by atoms with Crippen molar-refractivity contribution in [3.05, 3.63) is 72.9 Å². The van der Waals surface area contributed by atoms with Gasteiger partial charge in [-0.15, -0.1) is 0 Å². The van der Waals surface area contributed by atoms with Crippen LogP contribution < -0.4 is 0 Å². The van der Waals surface area contributed by atoms with E-state index < -0.39 is 6.10 Å². The number of carbonyl (C=O) groups excluding carboxylic acids is 3. The summed E-state index contributed by atoms with van der Waals surface area (Å²) in [5.74, 6) is -0.978. The first-order valence-corrected chi connectivity index (χ1v) is 31.4. The Bertz CT molecular complexity index is 1360. The van der Waals surface area contributed by atoms with E-state index in [1.54, 1.807) is 0 Å². The Morgan fingerprint density at radius 2 is 0.562 bits per heavy atom. The van der Waals surface area contributed by atoms with Gasteiger partial charge in [0.1, 0.15) is 13.2 Å². The SMILES string of the molecule is CC/C=C\C/C=C\C/C=C\C/C=C\CCC(=O)OCC(COC(=O)CCCCCCCCCCCCCCCCCCCCCCCCCC)OC(=O)CCCCCCCCC/C=C\C/C=C\CCCCCC. The lowest BCUT2D eigenvalue weighted by atomic mass is 10.0. The molecule has 0 aromatic rings. The van der Waals surface area contributed by atoms with E-state index >= 15 is 0 Å². The quantitative estimate of drug-likeness (QED) is 0.0261. The Morgan fingerprint density at radius 3 is 0.932 bits per heavy atom. The molecule has 1 unspecified atom stereocenters. The number of allylic oxidation sites excluding steroid dienone is 12. The third-order valence-corrected chi connectivity index (χ3v) is 13.7. The van der Waals surface area contributed by atoms with Gasteiger partial charge in [0.2, 0.25) is 0 Å². The van der Waals surface area contributed by atoms with Crippen LogP contribution in [-0.4, -0.2) is 37.2 Å². The van der Waals surface area contributed by atoms with Crippen molar-refractivity contribution in [1.29, 1.82) is 0 Å². The zero-order chi connectivity index (χ0) is 52.9. The average molecular weight is 1020 g/mol. The van der Waals surface area contributed by atoms with Crippen LogP contribution in [0, 0.1) is 0 Å². The van der Waals surface area contributed by atoms with Gasteiger partial charge in [0.25, 0.3) is 0 Å². The maximum Gasteiger partial charge on any atom is 0.306 e. The van der Waals surface area contributed by atoms with Gasteiger partial charge in [0.15, 0.2) is 6.10 Å². The Labute approximate surface area is 453 Å². The number of unbranched alkanes of at least 4 members (excludes halogenated alkanes) is 34. The number of esters is 3. The second-order valence-electron chi connectivity index (χ2n) is 20.9. The minimum atomic E-state index is -0.808. The van der Waals surface area contributed by atoms with Crippen LogP contribution in [0.4, 0.5) is 0 Å². The van der Waals surface area contributed by atoms with E-state index in [1.165, 1.54) is 193 Å². The molecule has 6 heteroatoms. The van der Waals surface area contributed by atoms with Crippen LogP contribution in [0.5, 0.6) is 0 Å². The van der Waals surface area contributed by atoms with Crippen molar-refractivity contribution in [3.63, 3.8) is 0 Å². The van der Waals surface area contributed by atoms with E-state index in [2.05, 4.69) is 87.6 Å². The van der Waals surface area contributed by atoms with Gasteiger partial charge < -0.3 is 14.2 Å². The Balaban J connectivity index is 4.32. The summed E-state index contributed by atoms with van der Waals surface area (Å²) in [6.07, 6.45) is 79.3. The van der Waals surface area contributed by atoms with E-state index in [0.29, 0.717) is 19.3 Å². The highest BCUT2D eigenvalue weighted by atomic mass is 16.6. The Hall–Kier alpha value is -3.15. The molecule has 73 heavy (non-hydrogen) atoms. The van der Waals surface area contributed by atoms with E-state index in [4.69, 9.17) is 14.2 Å². The van der Waals surface area contributed by atoms with Gasteiger partial charge in [0.05, 0.1) is 0 Å². The minimum absolute atomic E-state index is 0.0981. The summed E-state index contributed by atoms with van der Waals surface area (Å²) in [5, 5.41) is 0. The number of carbonyl (C=O) groups is 3. The van der Waals surface area contributed by atoms with Gasteiger partial charge >= 0.3 is 17.9 Å². The highest BCUT2D eigenvalue weighted by molar-refractivity contribution is 5.71. The van der Waals surface area contributed by atoms with Gasteiger partial charge in [0, 0.05) is 19.3 Å². The normalized spacial score (nSPS) is 12.5. The third kappa shape index (κ3) is 59.6. The lowest BCUT2D eigenvalue weighted by Gasteiger charge is -2.18. The summed E-state index contributed by atoms with van der Waals surface area (Å²) >= 11 is 0. The number of rotatable bonds is 57. The van der Waals surface area contributed by atoms with E-state index in [0.717, 1.165) is 77.0 Å². The molecule has 0 radical (unpaired) electrons. The standard InChI is InChI=1S/C67H118O6/c1-4-7-10-13-16-19-22-25-27-29-31-32-33-34-35-36-38-39-42-45-48-51-54-57-60-66(69)72-63-64(62-71-65(68)59-56-53-50-47-44-41-24-21-18-15-12-9-6-3)73-67(70)61-58-55-52-49-46-43-40-37-30-28-26-23-20-17-14-11-8-5-2/h9,12,18,20-21,23,28,30,41,44,50,53,64H,4-8,10-11,13-17,19,22,24-27,29,31-40,42-43,45-49,51-52,54-63H2,1-3H3/b12-9-,21-18-,23-20-,30-28-,44-41-,53-50-. The lowest BCUT2D eigenvalue weighted by Crippen LogP contribution is -2.30. The van der Waals surface area contributed by atoms with Crippen LogP contribution in [0.25, 0.3) is 0 Å². The first-order valence-electron chi connectivity index (χ1n) is 31.4. The molecule has 0 aromatic heterocycles. The molecule has 0 amide bonds. The van der Waals surface area contributed by atoms with Crippen LogP contribution in [0.1, 0.15) is 316 Å². The van der Waals surface area contributed by atoms with Crippen LogP contribution in [0.15, 0.2) is 72.9 Å². The van der Waals surface area contributed by atoms with Gasteiger partial charge in [-0.2, -0.15) is 0 Å². The highest BCUT2D eigenvalue weighted by Gasteiger charge is 2.19. The fourth-order valence-electron chi connectivity index (χ4n) is 9.02. The van der Waals surface area contributed by atoms with Gasteiger partial charge in [-0.05, 0) is 77.0 Å². The summed E-state index contributed by atoms with van der Waals surface area (Å²) in [5.41, 5.74) is 0. The number of hydrogen-bond acceptors (Lipinski definition) is 6. The number of hydrogen-bond donors (Lipinski definition) is 0. The summed E-state index contributed by atoms with van der Waals surface area (Å²) < 4.78 is 16.8. The van der Waals surface area contributed by atoms with Gasteiger partial charge in [-0.3, -0.25) is 14.4 Å². The van der Waals surface area contributed by atoms with Crippen LogP contribution in [0.2, 0.25) is 0 Å². The number of ether oxygens (including phenoxy) is 3. The summed E-state index contributed by atoms with van der Waals surface area (Å²) in [7, 11) is 0. The Kier molecular flexibility index (Phi) is 58.7. The molecule has 1 atom stereocenters. The van der Waals surface area contributed by atoms with Crippen molar-refractivity contribution in [2.75, 3.05) is 13.2 Å². The predicted molar refractivity (Wildman–Crippen MR) is 316 cm³/mol. The van der Waals surface area contributed by atoms with Crippen LogP contribution >= 0.6 is 0 Å². The summed E-state index contributed by atoms with van der Waals surface area (Å²) in [6.45, 7) is 6.48. The van der Waals surface area contributed by atoms with Crippen LogP contribution in [0.3, 0.4) is 0 Å². The topological polar surface area (TPSA) is 78.9 Å². The maximum absolute atomic E-state index is 12.9. The van der Waals surface area contributed by atoms with E-state index in [9.17, 15) is 14.4 Å². The summed E-state index contributed by atoms with van der Waals surface area (Å²) in [6, 6.07) is 0. The molecule has 0 aromatic carbocycles. The molecule has 0 spiro atoms. The molecular weight excluding hydrogens is 901 g/mol. The average Bonchev–Trinajstić information content (AvgIpc) is 3.39. The third-order valence-electron chi connectivity index (χ3n) is 13.7. The largest absolute Gasteiger partial charge is 0.462 e. The van der Waals surface area contributed by atoms with Crippen LogP contribution in [-0.2, 0) is 28.6 Å². The second kappa shape index (κ2) is 61.4. The zero-order valence-electron chi connectivity index (χ0n) is 48.4. The van der Waals surface area contributed by atoms with E-state index in [-0.39, 0.29) is 37.5 Å². The molecule has 6 nitrogen and oxygen atoms in total. The molecular formula is C67H118O6. The Morgan fingerprint density at radius 1 is 0.288 bits per heavy atom. The summed E-state index contributed by atoms with van der Waals surface area (Å²) in [4.78, 5) is 38.2. The minimum Gasteiger partial charge on any atom is -0.462 e. The monoisotopic (exact) mass is 1020 g/mol. The molecule has 0 aliphatic heterocycles. The van der Waals surface area contributed by atoms with Gasteiger partial charge in [-0.1, -0.05) is 293 Å². The van der Waals surface area contributed by atoms with Crippen molar-refractivity contribution in [2.45, 2.75) is 322 Å². The molecule has 0 saturated carbocycles. The molecule has 0 N–H and O–H groups in total.